The molecule has 2 atom stereocenters. The molecule has 0 radical (unpaired) electrons. The highest BCUT2D eigenvalue weighted by Crippen LogP contribution is 2.41. The summed E-state index contributed by atoms with van der Waals surface area (Å²) in [4.78, 5) is 21.2. The molecule has 1 amide bonds. The molecule has 1 aliphatic rings. The standard InChI is InChI=1S/C27H28F3N3O2/c1-4-35-18-12-21(29)25(22(30)13-18)26-20(28)5-6-23(32-26)27(34)33-24-14-31-8-7-19(24)17-10-15(2)9-16(3)11-17/h5-8,12-17H,4,9-11H2,1-3H3,(H,33,34). The zero-order chi connectivity index (χ0) is 25.1. The highest BCUT2D eigenvalue weighted by molar-refractivity contribution is 6.03. The summed E-state index contributed by atoms with van der Waals surface area (Å²) >= 11 is 0. The molecule has 1 saturated carbocycles. The van der Waals surface area contributed by atoms with Crippen LogP contribution in [0.15, 0.2) is 42.7 Å². The van der Waals surface area contributed by atoms with E-state index in [1.165, 1.54) is 12.5 Å². The highest BCUT2D eigenvalue weighted by Gasteiger charge is 2.27. The van der Waals surface area contributed by atoms with Gasteiger partial charge in [-0.1, -0.05) is 13.8 Å². The van der Waals surface area contributed by atoms with E-state index in [9.17, 15) is 18.0 Å². The minimum Gasteiger partial charge on any atom is -0.494 e. The van der Waals surface area contributed by atoms with E-state index in [0.29, 0.717) is 17.5 Å². The number of nitrogens with zero attached hydrogens (tertiary/aromatic N) is 2. The third-order valence-electron chi connectivity index (χ3n) is 6.36. The van der Waals surface area contributed by atoms with Crippen LogP contribution in [0.25, 0.3) is 11.3 Å². The Kier molecular flexibility index (Phi) is 7.38. The predicted octanol–water partition coefficient (Wildman–Crippen LogP) is 6.75. The Labute approximate surface area is 202 Å². The Morgan fingerprint density at radius 1 is 1.03 bits per heavy atom. The van der Waals surface area contributed by atoms with E-state index >= 15 is 0 Å². The van der Waals surface area contributed by atoms with E-state index in [0.717, 1.165) is 36.6 Å². The summed E-state index contributed by atoms with van der Waals surface area (Å²) in [5.74, 6) is -2.24. The summed E-state index contributed by atoms with van der Waals surface area (Å²) in [7, 11) is 0. The molecule has 4 rings (SSSR count). The fourth-order valence-electron chi connectivity index (χ4n) is 5.02. The van der Waals surface area contributed by atoms with Crippen LogP contribution in [0.1, 0.15) is 62.0 Å². The predicted molar refractivity (Wildman–Crippen MR) is 128 cm³/mol. The maximum absolute atomic E-state index is 14.7. The molecule has 2 aromatic heterocycles. The number of nitrogens with one attached hydrogen (secondary N) is 1. The average molecular weight is 484 g/mol. The smallest absolute Gasteiger partial charge is 0.274 e. The van der Waals surface area contributed by atoms with Gasteiger partial charge in [0, 0.05) is 18.3 Å². The minimum absolute atomic E-state index is 0.0176. The molecule has 1 aliphatic carbocycles. The van der Waals surface area contributed by atoms with Crippen LogP contribution in [-0.4, -0.2) is 22.5 Å². The summed E-state index contributed by atoms with van der Waals surface area (Å²) in [5, 5.41) is 2.81. The average Bonchev–Trinajstić information content (AvgIpc) is 2.79. The number of hydrogen-bond acceptors (Lipinski definition) is 4. The van der Waals surface area contributed by atoms with Gasteiger partial charge in [-0.2, -0.15) is 0 Å². The van der Waals surface area contributed by atoms with Gasteiger partial charge in [-0.15, -0.1) is 0 Å². The van der Waals surface area contributed by atoms with Gasteiger partial charge in [-0.3, -0.25) is 9.78 Å². The van der Waals surface area contributed by atoms with Crippen LogP contribution < -0.4 is 10.1 Å². The van der Waals surface area contributed by atoms with Crippen molar-refractivity contribution in [1.29, 1.82) is 0 Å². The summed E-state index contributed by atoms with van der Waals surface area (Å²) in [5.41, 5.74) is 0.117. The Morgan fingerprint density at radius 3 is 2.37 bits per heavy atom. The van der Waals surface area contributed by atoms with Crippen LogP contribution in [0.4, 0.5) is 18.9 Å². The van der Waals surface area contributed by atoms with Gasteiger partial charge < -0.3 is 10.1 Å². The molecule has 184 valence electrons. The molecule has 2 heterocycles. The second kappa shape index (κ2) is 10.5. The van der Waals surface area contributed by atoms with Gasteiger partial charge in [0.15, 0.2) is 0 Å². The van der Waals surface area contributed by atoms with Crippen LogP contribution in [0.3, 0.4) is 0 Å². The molecular weight excluding hydrogens is 455 g/mol. The van der Waals surface area contributed by atoms with Crippen molar-refractivity contribution in [1.82, 2.24) is 9.97 Å². The minimum atomic E-state index is -1.03. The van der Waals surface area contributed by atoms with Gasteiger partial charge in [0.2, 0.25) is 0 Å². The monoisotopic (exact) mass is 483 g/mol. The van der Waals surface area contributed by atoms with Crippen LogP contribution in [0.5, 0.6) is 5.75 Å². The summed E-state index contributed by atoms with van der Waals surface area (Å²) in [6.07, 6.45) is 6.46. The van der Waals surface area contributed by atoms with Crippen LogP contribution in [-0.2, 0) is 0 Å². The first kappa shape index (κ1) is 24.7. The van der Waals surface area contributed by atoms with Gasteiger partial charge in [-0.05, 0) is 67.7 Å². The van der Waals surface area contributed by atoms with Crippen LogP contribution >= 0.6 is 0 Å². The third kappa shape index (κ3) is 5.47. The van der Waals surface area contributed by atoms with Crippen molar-refractivity contribution in [2.45, 2.75) is 46.0 Å². The van der Waals surface area contributed by atoms with Crippen LogP contribution in [0.2, 0.25) is 0 Å². The lowest BCUT2D eigenvalue weighted by atomic mass is 9.74. The Bertz CT molecular complexity index is 1200. The Balaban J connectivity index is 1.63. The van der Waals surface area contributed by atoms with Crippen molar-refractivity contribution in [3.63, 3.8) is 0 Å². The van der Waals surface area contributed by atoms with Gasteiger partial charge in [-0.25, -0.2) is 18.2 Å². The second-order valence-corrected chi connectivity index (χ2v) is 9.25. The van der Waals surface area contributed by atoms with E-state index in [1.54, 1.807) is 19.3 Å². The topological polar surface area (TPSA) is 64.1 Å². The molecule has 2 unspecified atom stereocenters. The largest absolute Gasteiger partial charge is 0.494 e. The number of carbonyl (C=O) groups is 1. The number of rotatable bonds is 6. The number of anilines is 1. The summed E-state index contributed by atoms with van der Waals surface area (Å²) in [6, 6.07) is 5.98. The fourth-order valence-corrected chi connectivity index (χ4v) is 5.02. The number of carbonyl (C=O) groups excluding carboxylic acids is 1. The van der Waals surface area contributed by atoms with Crippen molar-refractivity contribution >= 4 is 11.6 Å². The zero-order valence-electron chi connectivity index (χ0n) is 19.9. The van der Waals surface area contributed by atoms with Crippen molar-refractivity contribution in [2.24, 2.45) is 11.8 Å². The van der Waals surface area contributed by atoms with Gasteiger partial charge >= 0.3 is 0 Å². The van der Waals surface area contributed by atoms with Gasteiger partial charge in [0.1, 0.15) is 34.6 Å². The van der Waals surface area contributed by atoms with Crippen LogP contribution in [0, 0.1) is 29.3 Å². The maximum Gasteiger partial charge on any atom is 0.274 e. The first-order valence-corrected chi connectivity index (χ1v) is 11.8. The summed E-state index contributed by atoms with van der Waals surface area (Å²) < 4.78 is 49.0. The first-order valence-electron chi connectivity index (χ1n) is 11.8. The number of halogens is 3. The molecule has 1 N–H and O–H groups in total. The second-order valence-electron chi connectivity index (χ2n) is 9.25. The Morgan fingerprint density at radius 2 is 1.71 bits per heavy atom. The molecular formula is C27H28F3N3O2. The lowest BCUT2D eigenvalue weighted by Crippen LogP contribution is -2.21. The van der Waals surface area contributed by atoms with E-state index < -0.39 is 34.6 Å². The number of pyridine rings is 2. The molecule has 0 bridgehead atoms. The third-order valence-corrected chi connectivity index (χ3v) is 6.36. The first-order chi connectivity index (χ1) is 16.8. The molecule has 35 heavy (non-hydrogen) atoms. The molecule has 0 aliphatic heterocycles. The molecule has 5 nitrogen and oxygen atoms in total. The van der Waals surface area contributed by atoms with Crippen molar-refractivity contribution in [2.75, 3.05) is 11.9 Å². The molecule has 1 fully saturated rings. The van der Waals surface area contributed by atoms with Crippen molar-refractivity contribution < 1.29 is 22.7 Å². The quantitative estimate of drug-likeness (QED) is 0.421. The number of ether oxygens (including phenoxy) is 1. The van der Waals surface area contributed by atoms with Gasteiger partial charge in [0.05, 0.1) is 24.1 Å². The number of benzene rings is 1. The van der Waals surface area contributed by atoms with E-state index in [1.807, 2.05) is 6.07 Å². The maximum atomic E-state index is 14.7. The van der Waals surface area contributed by atoms with E-state index in [2.05, 4.69) is 29.1 Å². The SMILES string of the molecule is CCOc1cc(F)c(-c2nc(C(=O)Nc3cnccc3C3CC(C)CC(C)C3)ccc2F)c(F)c1. The molecule has 8 heteroatoms. The molecule has 0 saturated heterocycles. The lowest BCUT2D eigenvalue weighted by molar-refractivity contribution is 0.102. The number of aromatic nitrogens is 2. The van der Waals surface area contributed by atoms with Crippen molar-refractivity contribution in [3.8, 4) is 17.0 Å². The van der Waals surface area contributed by atoms with Crippen molar-refractivity contribution in [3.05, 3.63) is 71.4 Å². The molecule has 3 aromatic rings. The van der Waals surface area contributed by atoms with E-state index in [4.69, 9.17) is 4.74 Å². The molecule has 0 spiro atoms. The zero-order valence-corrected chi connectivity index (χ0v) is 19.9. The number of amides is 1. The Hall–Kier alpha value is -3.42. The van der Waals surface area contributed by atoms with E-state index in [-0.39, 0.29) is 24.0 Å². The summed E-state index contributed by atoms with van der Waals surface area (Å²) in [6.45, 7) is 6.35. The number of hydrogen-bond donors (Lipinski definition) is 1. The highest BCUT2D eigenvalue weighted by atomic mass is 19.1. The molecule has 1 aromatic carbocycles. The van der Waals surface area contributed by atoms with Gasteiger partial charge in [0.25, 0.3) is 5.91 Å². The lowest BCUT2D eigenvalue weighted by Gasteiger charge is -2.32. The normalized spacial score (nSPS) is 19.9. The fraction of sp³-hybridized carbons (Fsp3) is 0.370.